The average Bonchev–Trinajstić information content (AvgIpc) is 2.15. The number of hydroxylamine groups is 1. The summed E-state index contributed by atoms with van der Waals surface area (Å²) in [5.41, 5.74) is 11.3. The molecule has 0 spiro atoms. The monoisotopic (exact) mass is 222 g/mol. The molecule has 0 heterocycles. The zero-order valence-electron chi connectivity index (χ0n) is 9.91. The highest BCUT2D eigenvalue weighted by Crippen LogP contribution is 2.16. The van der Waals surface area contributed by atoms with Gasteiger partial charge in [-0.2, -0.15) is 5.48 Å². The summed E-state index contributed by atoms with van der Waals surface area (Å²) in [5, 5.41) is 0. The van der Waals surface area contributed by atoms with Crippen molar-refractivity contribution in [1.82, 2.24) is 5.48 Å². The van der Waals surface area contributed by atoms with E-state index < -0.39 is 5.91 Å². The summed E-state index contributed by atoms with van der Waals surface area (Å²) in [6.45, 7) is 5.95. The van der Waals surface area contributed by atoms with Gasteiger partial charge < -0.3 is 5.73 Å². The van der Waals surface area contributed by atoms with E-state index >= 15 is 0 Å². The molecule has 1 atom stereocenters. The van der Waals surface area contributed by atoms with Gasteiger partial charge in [-0.25, -0.2) is 0 Å². The van der Waals surface area contributed by atoms with E-state index in [0.29, 0.717) is 0 Å². The smallest absolute Gasteiger partial charge is 0.245 e. The Kier molecular flexibility index (Phi) is 4.46. The van der Waals surface area contributed by atoms with E-state index in [9.17, 15) is 4.79 Å². The van der Waals surface area contributed by atoms with E-state index in [1.54, 1.807) is 0 Å². The molecule has 0 saturated carbocycles. The predicted octanol–water partition coefficient (Wildman–Crippen LogP) is 1.37. The van der Waals surface area contributed by atoms with Crippen molar-refractivity contribution in [2.45, 2.75) is 26.8 Å². The summed E-state index contributed by atoms with van der Waals surface area (Å²) in [5.74, 6) is -0.486. The molecule has 1 aromatic rings. The molecular weight excluding hydrogens is 204 g/mol. The second kappa shape index (κ2) is 5.63. The Morgan fingerprint density at radius 3 is 2.44 bits per heavy atom. The summed E-state index contributed by atoms with van der Waals surface area (Å²) in [6.07, 6.45) is 0. The number of aryl methyl sites for hydroxylation is 2. The Hall–Kier alpha value is -1.39. The first kappa shape index (κ1) is 12.7. The minimum Gasteiger partial charge on any atom is -0.368 e. The van der Waals surface area contributed by atoms with Crippen molar-refractivity contribution in [3.63, 3.8) is 0 Å². The van der Waals surface area contributed by atoms with Crippen LogP contribution in [0.5, 0.6) is 0 Å². The van der Waals surface area contributed by atoms with E-state index in [2.05, 4.69) is 23.7 Å². The Morgan fingerprint density at radius 1 is 1.38 bits per heavy atom. The number of rotatable bonds is 5. The van der Waals surface area contributed by atoms with Gasteiger partial charge in [0.1, 0.15) is 6.61 Å². The molecule has 3 N–H and O–H groups in total. The molecule has 1 rings (SSSR count). The Bertz CT molecular complexity index is 357. The molecule has 0 aromatic heterocycles. The van der Waals surface area contributed by atoms with Gasteiger partial charge in [-0.15, -0.1) is 0 Å². The average molecular weight is 222 g/mol. The van der Waals surface area contributed by atoms with Crippen molar-refractivity contribution in [3.05, 3.63) is 34.9 Å². The maximum atomic E-state index is 10.5. The summed E-state index contributed by atoms with van der Waals surface area (Å²) < 4.78 is 0. The SMILES string of the molecule is Cc1cc(C)cc(C(C)NOCC(N)=O)c1. The van der Waals surface area contributed by atoms with Crippen LogP contribution in [-0.4, -0.2) is 12.5 Å². The zero-order chi connectivity index (χ0) is 12.1. The van der Waals surface area contributed by atoms with Crippen LogP contribution < -0.4 is 11.2 Å². The molecule has 4 nitrogen and oxygen atoms in total. The topological polar surface area (TPSA) is 64.3 Å². The second-order valence-corrected chi connectivity index (χ2v) is 4.02. The standard InChI is InChI=1S/C12H18N2O2/c1-8-4-9(2)6-11(5-8)10(3)14-16-7-12(13)15/h4-6,10,14H,7H2,1-3H3,(H2,13,15). The van der Waals surface area contributed by atoms with Gasteiger partial charge in [0.15, 0.2) is 0 Å². The van der Waals surface area contributed by atoms with Crippen molar-refractivity contribution in [2.24, 2.45) is 5.73 Å². The maximum Gasteiger partial charge on any atom is 0.245 e. The van der Waals surface area contributed by atoms with Crippen molar-refractivity contribution >= 4 is 5.91 Å². The fourth-order valence-electron chi connectivity index (χ4n) is 1.57. The number of amides is 1. The number of hydrogen-bond donors (Lipinski definition) is 2. The lowest BCUT2D eigenvalue weighted by atomic mass is 10.0. The number of primary amides is 1. The number of carbonyl (C=O) groups excluding carboxylic acids is 1. The van der Waals surface area contributed by atoms with Gasteiger partial charge in [-0.1, -0.05) is 29.3 Å². The molecule has 0 radical (unpaired) electrons. The van der Waals surface area contributed by atoms with E-state index in [4.69, 9.17) is 10.6 Å². The van der Waals surface area contributed by atoms with Crippen LogP contribution in [0, 0.1) is 13.8 Å². The predicted molar refractivity (Wildman–Crippen MR) is 62.6 cm³/mol. The first-order valence-electron chi connectivity index (χ1n) is 5.23. The quantitative estimate of drug-likeness (QED) is 0.739. The number of nitrogens with two attached hydrogens (primary N) is 1. The zero-order valence-corrected chi connectivity index (χ0v) is 9.91. The first-order chi connectivity index (χ1) is 7.49. The largest absolute Gasteiger partial charge is 0.368 e. The van der Waals surface area contributed by atoms with Crippen LogP contribution in [0.1, 0.15) is 29.7 Å². The second-order valence-electron chi connectivity index (χ2n) is 4.02. The van der Waals surface area contributed by atoms with Crippen LogP contribution in [0.2, 0.25) is 0 Å². The molecule has 0 aliphatic carbocycles. The Balaban J connectivity index is 2.58. The number of benzene rings is 1. The van der Waals surface area contributed by atoms with E-state index in [1.807, 2.05) is 20.8 Å². The van der Waals surface area contributed by atoms with E-state index in [-0.39, 0.29) is 12.6 Å². The molecule has 1 unspecified atom stereocenters. The molecule has 1 aromatic carbocycles. The molecule has 16 heavy (non-hydrogen) atoms. The van der Waals surface area contributed by atoms with Crippen molar-refractivity contribution in [2.75, 3.05) is 6.61 Å². The third-order valence-electron chi connectivity index (χ3n) is 2.22. The molecule has 0 aliphatic heterocycles. The number of hydrogen-bond acceptors (Lipinski definition) is 3. The summed E-state index contributed by atoms with van der Waals surface area (Å²) in [7, 11) is 0. The molecule has 4 heteroatoms. The van der Waals surface area contributed by atoms with Gasteiger partial charge in [0.25, 0.3) is 0 Å². The molecule has 0 saturated heterocycles. The summed E-state index contributed by atoms with van der Waals surface area (Å²) in [4.78, 5) is 15.4. The van der Waals surface area contributed by atoms with Crippen LogP contribution in [0.25, 0.3) is 0 Å². The molecule has 1 amide bonds. The van der Waals surface area contributed by atoms with Crippen molar-refractivity contribution in [3.8, 4) is 0 Å². The van der Waals surface area contributed by atoms with Crippen LogP contribution in [0.15, 0.2) is 18.2 Å². The molecule has 88 valence electrons. The van der Waals surface area contributed by atoms with E-state index in [0.717, 1.165) is 5.56 Å². The van der Waals surface area contributed by atoms with Crippen LogP contribution in [-0.2, 0) is 9.63 Å². The van der Waals surface area contributed by atoms with E-state index in [1.165, 1.54) is 11.1 Å². The highest BCUT2D eigenvalue weighted by atomic mass is 16.6. The van der Waals surface area contributed by atoms with Crippen molar-refractivity contribution < 1.29 is 9.63 Å². The summed E-state index contributed by atoms with van der Waals surface area (Å²) >= 11 is 0. The number of nitrogens with one attached hydrogen (secondary N) is 1. The first-order valence-corrected chi connectivity index (χ1v) is 5.23. The molecule has 0 aliphatic rings. The van der Waals surface area contributed by atoms with Gasteiger partial charge in [-0.05, 0) is 26.3 Å². The highest BCUT2D eigenvalue weighted by Gasteiger charge is 2.06. The molecule has 0 fully saturated rings. The van der Waals surface area contributed by atoms with Gasteiger partial charge in [0.2, 0.25) is 5.91 Å². The maximum absolute atomic E-state index is 10.5. The minimum absolute atomic E-state index is 0.0259. The Labute approximate surface area is 95.7 Å². The fourth-order valence-corrected chi connectivity index (χ4v) is 1.57. The third-order valence-corrected chi connectivity index (χ3v) is 2.22. The lowest BCUT2D eigenvalue weighted by molar-refractivity contribution is -0.126. The summed E-state index contributed by atoms with van der Waals surface area (Å²) in [6, 6.07) is 6.30. The third kappa shape index (κ3) is 4.00. The molecule has 0 bridgehead atoms. The van der Waals surface area contributed by atoms with Crippen LogP contribution in [0.4, 0.5) is 0 Å². The fraction of sp³-hybridized carbons (Fsp3) is 0.417. The molecular formula is C12H18N2O2. The lowest BCUT2D eigenvalue weighted by Gasteiger charge is -2.14. The normalized spacial score (nSPS) is 12.4. The van der Waals surface area contributed by atoms with Gasteiger partial charge in [0.05, 0.1) is 6.04 Å². The van der Waals surface area contributed by atoms with Gasteiger partial charge >= 0.3 is 0 Å². The highest BCUT2D eigenvalue weighted by molar-refractivity contribution is 5.74. The van der Waals surface area contributed by atoms with Crippen LogP contribution >= 0.6 is 0 Å². The van der Waals surface area contributed by atoms with Crippen LogP contribution in [0.3, 0.4) is 0 Å². The van der Waals surface area contributed by atoms with Gasteiger partial charge in [0, 0.05) is 0 Å². The lowest BCUT2D eigenvalue weighted by Crippen LogP contribution is -2.26. The number of carbonyl (C=O) groups is 1. The van der Waals surface area contributed by atoms with Gasteiger partial charge in [-0.3, -0.25) is 9.63 Å². The van der Waals surface area contributed by atoms with Crippen molar-refractivity contribution in [1.29, 1.82) is 0 Å². The Morgan fingerprint density at radius 2 is 1.94 bits per heavy atom. The minimum atomic E-state index is -0.486.